The van der Waals surface area contributed by atoms with E-state index in [4.69, 9.17) is 4.52 Å². The fraction of sp³-hybridized carbons (Fsp3) is 0.192. The van der Waals surface area contributed by atoms with Crippen molar-refractivity contribution in [3.05, 3.63) is 77.4 Å². The molecule has 0 radical (unpaired) electrons. The van der Waals surface area contributed by atoms with Crippen molar-refractivity contribution in [2.75, 3.05) is 11.4 Å². The average Bonchev–Trinajstić information content (AvgIpc) is 3.24. The number of anilines is 1. The molecule has 0 spiro atoms. The van der Waals surface area contributed by atoms with E-state index in [1.807, 2.05) is 59.5 Å². The molecule has 1 aliphatic rings. The standard InChI is InChI=1S/C26H23N3O2S/c1-4-11-29-21-10-9-18(15-23(21)32-22-8-6-5-7-20(22)26(29)30)24-27-25(31-28-24)19-13-16(2)12-17(3)14-19/h5-10,12-15H,4,11H2,1-3H3. The predicted molar refractivity (Wildman–Crippen MR) is 127 cm³/mol. The Kier molecular flexibility index (Phi) is 5.31. The molecule has 0 aliphatic carbocycles. The van der Waals surface area contributed by atoms with Gasteiger partial charge in [-0.3, -0.25) is 4.79 Å². The summed E-state index contributed by atoms with van der Waals surface area (Å²) in [6.07, 6.45) is 0.879. The molecule has 0 atom stereocenters. The Hall–Kier alpha value is -3.38. The van der Waals surface area contributed by atoms with E-state index in [0.717, 1.165) is 49.7 Å². The van der Waals surface area contributed by atoms with Crippen LogP contribution in [-0.2, 0) is 0 Å². The highest BCUT2D eigenvalue weighted by molar-refractivity contribution is 7.99. The smallest absolute Gasteiger partial charge is 0.259 e. The number of hydrogen-bond donors (Lipinski definition) is 0. The molecule has 0 saturated carbocycles. The second kappa shape index (κ2) is 8.28. The second-order valence-electron chi connectivity index (χ2n) is 8.04. The summed E-state index contributed by atoms with van der Waals surface area (Å²) >= 11 is 1.60. The molecule has 160 valence electrons. The largest absolute Gasteiger partial charge is 0.334 e. The van der Waals surface area contributed by atoms with Crippen LogP contribution in [0, 0.1) is 13.8 Å². The first-order valence-electron chi connectivity index (χ1n) is 10.7. The predicted octanol–water partition coefficient (Wildman–Crippen LogP) is 6.54. The van der Waals surface area contributed by atoms with Crippen LogP contribution in [0.4, 0.5) is 5.69 Å². The van der Waals surface area contributed by atoms with Crippen LogP contribution in [0.1, 0.15) is 34.8 Å². The van der Waals surface area contributed by atoms with Gasteiger partial charge < -0.3 is 9.42 Å². The van der Waals surface area contributed by atoms with Gasteiger partial charge >= 0.3 is 0 Å². The SMILES string of the molecule is CCCN1C(=O)c2ccccc2Sc2cc(-c3noc(-c4cc(C)cc(C)c4)n3)ccc21. The Labute approximate surface area is 191 Å². The van der Waals surface area contributed by atoms with Gasteiger partial charge in [-0.25, -0.2) is 0 Å². The number of carbonyl (C=O) groups is 1. The summed E-state index contributed by atoms with van der Waals surface area (Å²) in [5.41, 5.74) is 5.74. The Morgan fingerprint density at radius 2 is 1.72 bits per heavy atom. The monoisotopic (exact) mass is 441 g/mol. The first-order chi connectivity index (χ1) is 15.5. The lowest BCUT2D eigenvalue weighted by molar-refractivity contribution is 0.0984. The third kappa shape index (κ3) is 3.71. The second-order valence-corrected chi connectivity index (χ2v) is 9.12. The number of benzene rings is 3. The van der Waals surface area contributed by atoms with Crippen LogP contribution in [0.5, 0.6) is 0 Å². The number of carbonyl (C=O) groups excluding carboxylic acids is 1. The lowest BCUT2D eigenvalue weighted by Gasteiger charge is -2.22. The molecule has 5 rings (SSSR count). The van der Waals surface area contributed by atoms with Gasteiger partial charge in [0, 0.05) is 27.5 Å². The molecule has 32 heavy (non-hydrogen) atoms. The zero-order valence-corrected chi connectivity index (χ0v) is 19.1. The first-order valence-corrected chi connectivity index (χ1v) is 11.5. The van der Waals surface area contributed by atoms with E-state index < -0.39 is 0 Å². The molecule has 0 fully saturated rings. The van der Waals surface area contributed by atoms with E-state index in [-0.39, 0.29) is 5.91 Å². The highest BCUT2D eigenvalue weighted by Crippen LogP contribution is 2.43. The van der Waals surface area contributed by atoms with Crippen molar-refractivity contribution in [3.63, 3.8) is 0 Å². The van der Waals surface area contributed by atoms with Crippen LogP contribution in [0.15, 0.2) is 75.0 Å². The van der Waals surface area contributed by atoms with E-state index in [1.165, 1.54) is 0 Å². The molecule has 0 N–H and O–H groups in total. The van der Waals surface area contributed by atoms with Gasteiger partial charge in [-0.05, 0) is 62.7 Å². The van der Waals surface area contributed by atoms with E-state index in [9.17, 15) is 4.79 Å². The Bertz CT molecular complexity index is 1310. The van der Waals surface area contributed by atoms with Gasteiger partial charge in [0.1, 0.15) is 0 Å². The van der Waals surface area contributed by atoms with E-state index in [0.29, 0.717) is 18.3 Å². The summed E-state index contributed by atoms with van der Waals surface area (Å²) < 4.78 is 5.58. The fourth-order valence-corrected chi connectivity index (χ4v) is 5.18. The topological polar surface area (TPSA) is 59.2 Å². The molecule has 2 heterocycles. The first kappa shape index (κ1) is 20.5. The number of aryl methyl sites for hydroxylation is 2. The number of amides is 1. The fourth-order valence-electron chi connectivity index (χ4n) is 4.07. The van der Waals surface area contributed by atoms with Crippen molar-refractivity contribution in [2.24, 2.45) is 0 Å². The molecule has 0 bridgehead atoms. The third-order valence-electron chi connectivity index (χ3n) is 5.43. The quantitative estimate of drug-likeness (QED) is 0.360. The average molecular weight is 442 g/mol. The lowest BCUT2D eigenvalue weighted by atomic mass is 10.1. The van der Waals surface area contributed by atoms with Crippen LogP contribution in [-0.4, -0.2) is 22.6 Å². The molecule has 0 saturated heterocycles. The summed E-state index contributed by atoms with van der Waals surface area (Å²) in [6, 6.07) is 20.0. The zero-order valence-electron chi connectivity index (χ0n) is 18.3. The highest BCUT2D eigenvalue weighted by atomic mass is 32.2. The van der Waals surface area contributed by atoms with Gasteiger partial charge in [0.25, 0.3) is 11.8 Å². The minimum Gasteiger partial charge on any atom is -0.334 e. The number of nitrogens with zero attached hydrogens (tertiary/aromatic N) is 3. The maximum absolute atomic E-state index is 13.2. The van der Waals surface area contributed by atoms with Crippen molar-refractivity contribution in [1.29, 1.82) is 0 Å². The maximum Gasteiger partial charge on any atom is 0.259 e. The minimum absolute atomic E-state index is 0.0399. The van der Waals surface area contributed by atoms with Gasteiger partial charge in [0.15, 0.2) is 0 Å². The van der Waals surface area contributed by atoms with Crippen molar-refractivity contribution >= 4 is 23.4 Å². The number of hydrogen-bond acceptors (Lipinski definition) is 5. The van der Waals surface area contributed by atoms with Crippen molar-refractivity contribution in [2.45, 2.75) is 37.0 Å². The van der Waals surface area contributed by atoms with Crippen molar-refractivity contribution < 1.29 is 9.32 Å². The van der Waals surface area contributed by atoms with E-state index in [2.05, 4.69) is 37.0 Å². The summed E-state index contributed by atoms with van der Waals surface area (Å²) in [5.74, 6) is 1.08. The van der Waals surface area contributed by atoms with Crippen LogP contribution in [0.3, 0.4) is 0 Å². The van der Waals surface area contributed by atoms with Crippen LogP contribution >= 0.6 is 11.8 Å². The molecule has 5 nitrogen and oxygen atoms in total. The molecule has 3 aromatic carbocycles. The van der Waals surface area contributed by atoms with Gasteiger partial charge in [-0.1, -0.05) is 53.2 Å². The molecule has 0 unspecified atom stereocenters. The minimum atomic E-state index is 0.0399. The van der Waals surface area contributed by atoms with Crippen molar-refractivity contribution in [1.82, 2.24) is 10.1 Å². The van der Waals surface area contributed by atoms with E-state index in [1.54, 1.807) is 11.8 Å². The van der Waals surface area contributed by atoms with Crippen molar-refractivity contribution in [3.8, 4) is 22.8 Å². The molecule has 4 aromatic rings. The molecule has 1 amide bonds. The summed E-state index contributed by atoms with van der Waals surface area (Å²) in [6.45, 7) is 6.86. The van der Waals surface area contributed by atoms with Gasteiger partial charge in [0.2, 0.25) is 5.82 Å². The molecular weight excluding hydrogens is 418 g/mol. The summed E-state index contributed by atoms with van der Waals surface area (Å²) in [4.78, 5) is 21.7. The molecule has 6 heteroatoms. The van der Waals surface area contributed by atoms with Gasteiger partial charge in [-0.15, -0.1) is 0 Å². The summed E-state index contributed by atoms with van der Waals surface area (Å²) in [7, 11) is 0. The number of rotatable bonds is 4. The van der Waals surface area contributed by atoms with Gasteiger partial charge in [0.05, 0.1) is 11.3 Å². The maximum atomic E-state index is 13.2. The molecule has 1 aliphatic heterocycles. The Morgan fingerprint density at radius 3 is 2.50 bits per heavy atom. The lowest BCUT2D eigenvalue weighted by Crippen LogP contribution is -2.31. The number of fused-ring (bicyclic) bond motifs is 2. The Balaban J connectivity index is 1.56. The normalized spacial score (nSPS) is 13.0. The van der Waals surface area contributed by atoms with E-state index >= 15 is 0 Å². The van der Waals surface area contributed by atoms with Crippen LogP contribution in [0.25, 0.3) is 22.8 Å². The zero-order chi connectivity index (χ0) is 22.2. The molecule has 1 aromatic heterocycles. The third-order valence-corrected chi connectivity index (χ3v) is 6.56. The Morgan fingerprint density at radius 1 is 0.938 bits per heavy atom. The van der Waals surface area contributed by atoms with Gasteiger partial charge in [-0.2, -0.15) is 4.98 Å². The number of aromatic nitrogens is 2. The highest BCUT2D eigenvalue weighted by Gasteiger charge is 2.27. The van der Waals surface area contributed by atoms with Crippen LogP contribution < -0.4 is 4.90 Å². The summed E-state index contributed by atoms with van der Waals surface area (Å²) in [5, 5.41) is 4.23. The molecular formula is C26H23N3O2S. The van der Waals surface area contributed by atoms with Crippen LogP contribution in [0.2, 0.25) is 0 Å².